The summed E-state index contributed by atoms with van der Waals surface area (Å²) in [5, 5.41) is 10.9. The van der Waals surface area contributed by atoms with E-state index in [-0.39, 0.29) is 5.56 Å². The van der Waals surface area contributed by atoms with Gasteiger partial charge in [0.05, 0.1) is 0 Å². The fourth-order valence-electron chi connectivity index (χ4n) is 2.88. The van der Waals surface area contributed by atoms with Crippen LogP contribution in [0, 0.1) is 23.7 Å². The van der Waals surface area contributed by atoms with E-state index < -0.39 is 29.8 Å². The molecule has 0 spiro atoms. The summed E-state index contributed by atoms with van der Waals surface area (Å²) in [6.07, 6.45) is -3.13. The zero-order valence-corrected chi connectivity index (χ0v) is 19.0. The third-order valence-electron chi connectivity index (χ3n) is 4.82. The molecule has 0 heterocycles. The van der Waals surface area contributed by atoms with Crippen molar-refractivity contribution in [1.82, 2.24) is 15.7 Å². The monoisotopic (exact) mass is 468 g/mol. The zero-order valence-electron chi connectivity index (χ0n) is 19.0. The summed E-state index contributed by atoms with van der Waals surface area (Å²) < 4.78 is 26.4. The highest BCUT2D eigenvalue weighted by atomic mass is 19.3. The van der Waals surface area contributed by atoms with Gasteiger partial charge in [-0.3, -0.25) is 14.8 Å². The molecule has 2 unspecified atom stereocenters. The Hall–Kier alpha value is -3.76. The van der Waals surface area contributed by atoms with E-state index in [0.717, 1.165) is 19.0 Å². The number of halogens is 2. The van der Waals surface area contributed by atoms with Crippen LogP contribution in [0.5, 0.6) is 0 Å². The fourth-order valence-corrected chi connectivity index (χ4v) is 2.88. The van der Waals surface area contributed by atoms with Gasteiger partial charge in [0.2, 0.25) is 0 Å². The minimum Gasteiger partial charge on any atom is -0.338 e. The highest BCUT2D eigenvalue weighted by molar-refractivity contribution is 5.98. The molecule has 2 aromatic rings. The molecular formula is C25H26F2N4O3. The average Bonchev–Trinajstić information content (AvgIpc) is 2.80. The molecular weight excluding hydrogens is 442 g/mol. The van der Waals surface area contributed by atoms with Gasteiger partial charge in [-0.25, -0.2) is 14.3 Å². The quantitative estimate of drug-likeness (QED) is 0.281. The molecule has 9 heteroatoms. The second-order valence-corrected chi connectivity index (χ2v) is 8.06. The van der Waals surface area contributed by atoms with Crippen LogP contribution in [0.25, 0.3) is 0 Å². The van der Waals surface area contributed by atoms with Crippen molar-refractivity contribution in [2.24, 2.45) is 5.73 Å². The minimum absolute atomic E-state index is 0.0928. The number of rotatable bonds is 7. The molecule has 2 rings (SSSR count). The van der Waals surface area contributed by atoms with Gasteiger partial charge in [-0.15, -0.1) is 0 Å². The Morgan fingerprint density at radius 1 is 1.03 bits per heavy atom. The van der Waals surface area contributed by atoms with Crippen LogP contribution in [0.1, 0.15) is 34.0 Å². The van der Waals surface area contributed by atoms with Crippen LogP contribution in [0.2, 0.25) is 0 Å². The Kier molecular flexibility index (Phi) is 9.28. The van der Waals surface area contributed by atoms with Gasteiger partial charge in [-0.2, -0.15) is 0 Å². The average molecular weight is 469 g/mol. The first-order valence-corrected chi connectivity index (χ1v) is 10.2. The Labute approximate surface area is 197 Å². The van der Waals surface area contributed by atoms with E-state index in [9.17, 15) is 18.4 Å². The third-order valence-corrected chi connectivity index (χ3v) is 4.82. The first-order chi connectivity index (χ1) is 16.0. The number of carbonyl (C=O) groups excluding carboxylic acids is 2. The Bertz CT molecular complexity index is 1120. The molecule has 0 aliphatic heterocycles. The number of nitrogens with zero attached hydrogens (tertiary/aromatic N) is 1. The van der Waals surface area contributed by atoms with Crippen LogP contribution in [-0.2, 0) is 11.3 Å². The molecule has 7 nitrogen and oxygen atoms in total. The van der Waals surface area contributed by atoms with Crippen molar-refractivity contribution in [2.75, 3.05) is 14.1 Å². The number of alkyl halides is 2. The summed E-state index contributed by atoms with van der Waals surface area (Å²) >= 11 is 0. The van der Waals surface area contributed by atoms with E-state index in [1.165, 1.54) is 23.2 Å². The predicted octanol–water partition coefficient (Wildman–Crippen LogP) is 1.74. The predicted molar refractivity (Wildman–Crippen MR) is 124 cm³/mol. The number of nitrogens with two attached hydrogens (primary N) is 1. The van der Waals surface area contributed by atoms with Crippen molar-refractivity contribution in [3.8, 4) is 23.7 Å². The maximum atomic E-state index is 13.2. The molecule has 5 N–H and O–H groups in total. The second-order valence-electron chi connectivity index (χ2n) is 8.06. The van der Waals surface area contributed by atoms with Crippen LogP contribution >= 0.6 is 0 Å². The maximum absolute atomic E-state index is 13.2. The zero-order chi connectivity index (χ0) is 25.3. The second kappa shape index (κ2) is 11.9. The third kappa shape index (κ3) is 7.39. The molecule has 2 aromatic carbocycles. The maximum Gasteiger partial charge on any atom is 0.268 e. The summed E-state index contributed by atoms with van der Waals surface area (Å²) in [5.74, 6) is 9.23. The minimum atomic E-state index is -3.13. The van der Waals surface area contributed by atoms with Gasteiger partial charge in [0.25, 0.3) is 18.2 Å². The first-order valence-electron chi connectivity index (χ1n) is 10.2. The van der Waals surface area contributed by atoms with E-state index in [1.54, 1.807) is 12.1 Å². The van der Waals surface area contributed by atoms with Gasteiger partial charge in [0, 0.05) is 23.2 Å². The summed E-state index contributed by atoms with van der Waals surface area (Å²) in [6.45, 7) is 1.74. The number of hydroxylamine groups is 1. The highest BCUT2D eigenvalue weighted by Crippen LogP contribution is 2.18. The molecule has 0 aromatic heterocycles. The van der Waals surface area contributed by atoms with Crippen molar-refractivity contribution < 1.29 is 23.6 Å². The van der Waals surface area contributed by atoms with Gasteiger partial charge >= 0.3 is 0 Å². The molecule has 0 aliphatic rings. The van der Waals surface area contributed by atoms with Gasteiger partial charge in [0.1, 0.15) is 11.6 Å². The lowest BCUT2D eigenvalue weighted by Gasteiger charge is -2.32. The number of benzene rings is 2. The molecule has 178 valence electrons. The number of carbonyl (C=O) groups is 2. The topological polar surface area (TPSA) is 108 Å². The smallest absolute Gasteiger partial charge is 0.268 e. The molecule has 2 amide bonds. The molecule has 0 radical (unpaired) electrons. The van der Waals surface area contributed by atoms with Crippen LogP contribution in [0.4, 0.5) is 8.78 Å². The summed E-state index contributed by atoms with van der Waals surface area (Å²) in [7, 11) is 4.00. The van der Waals surface area contributed by atoms with E-state index in [4.69, 9.17) is 10.9 Å². The summed E-state index contributed by atoms with van der Waals surface area (Å²) in [4.78, 5) is 26.3. The van der Waals surface area contributed by atoms with Crippen molar-refractivity contribution in [3.05, 3.63) is 70.8 Å². The molecule has 0 bridgehead atoms. The lowest BCUT2D eigenvalue weighted by molar-refractivity contribution is -0.134. The molecule has 0 saturated heterocycles. The van der Waals surface area contributed by atoms with Gasteiger partial charge in [-0.05, 0) is 74.8 Å². The highest BCUT2D eigenvalue weighted by Gasteiger charge is 2.44. The van der Waals surface area contributed by atoms with Gasteiger partial charge in [-0.1, -0.05) is 24.0 Å². The van der Waals surface area contributed by atoms with Crippen LogP contribution in [0.3, 0.4) is 0 Å². The van der Waals surface area contributed by atoms with Gasteiger partial charge in [0.15, 0.2) is 0 Å². The van der Waals surface area contributed by atoms with Crippen LogP contribution in [0.15, 0.2) is 48.5 Å². The molecule has 34 heavy (non-hydrogen) atoms. The Morgan fingerprint density at radius 2 is 1.53 bits per heavy atom. The van der Waals surface area contributed by atoms with E-state index >= 15 is 0 Å². The van der Waals surface area contributed by atoms with Crippen LogP contribution < -0.4 is 16.5 Å². The Morgan fingerprint density at radius 3 is 1.97 bits per heavy atom. The summed E-state index contributed by atoms with van der Waals surface area (Å²) in [6, 6.07) is 11.9. The standard InChI is InChI=1S/C25H26F2N4O3/c1-25(28,24(26)27)21(23(33)30-34)29-22(32)20-14-12-18(13-15-20)7-5-4-6-17-8-10-19(11-9-17)16-31(2)3/h8-15,21,24,34H,16,28H2,1-3H3,(H,29,32)(H,30,33). The number of amides is 2. The lowest BCUT2D eigenvalue weighted by Crippen LogP contribution is -2.66. The van der Waals surface area contributed by atoms with E-state index in [0.29, 0.717) is 5.56 Å². The van der Waals surface area contributed by atoms with Crippen molar-refractivity contribution >= 4 is 11.8 Å². The molecule has 0 aliphatic carbocycles. The number of hydrogen-bond donors (Lipinski definition) is 4. The largest absolute Gasteiger partial charge is 0.338 e. The van der Waals surface area contributed by atoms with Crippen molar-refractivity contribution in [3.63, 3.8) is 0 Å². The van der Waals surface area contributed by atoms with E-state index in [1.807, 2.05) is 38.4 Å². The van der Waals surface area contributed by atoms with Gasteiger partial charge < -0.3 is 16.0 Å². The number of hydrogen-bond acceptors (Lipinski definition) is 5. The molecule has 2 atom stereocenters. The Balaban J connectivity index is 2.06. The van der Waals surface area contributed by atoms with Crippen LogP contribution in [-0.4, -0.2) is 54.0 Å². The van der Waals surface area contributed by atoms with E-state index in [2.05, 4.69) is 33.9 Å². The summed E-state index contributed by atoms with van der Waals surface area (Å²) in [5.41, 5.74) is 7.02. The SMILES string of the molecule is CN(C)Cc1ccc(C#CC#Cc2ccc(C(=O)NC(C(=O)NO)C(C)(N)C(F)F)cc2)cc1. The fraction of sp³-hybridized carbons (Fsp3) is 0.280. The first kappa shape index (κ1) is 26.5. The van der Waals surface area contributed by atoms with Crippen molar-refractivity contribution in [1.29, 1.82) is 0 Å². The lowest BCUT2D eigenvalue weighted by atomic mass is 9.92. The normalized spacial score (nSPS) is 13.1. The number of nitrogens with one attached hydrogen (secondary N) is 2. The molecule has 0 saturated carbocycles. The van der Waals surface area contributed by atoms with Crippen molar-refractivity contribution in [2.45, 2.75) is 31.5 Å². The molecule has 0 fully saturated rings.